The first-order valence-electron chi connectivity index (χ1n) is 8.52. The van der Waals surface area contributed by atoms with Gasteiger partial charge >= 0.3 is 0 Å². The molecule has 27 heavy (non-hydrogen) atoms. The van der Waals surface area contributed by atoms with Crippen molar-refractivity contribution in [2.24, 2.45) is 5.10 Å². The number of methoxy groups -OCH3 is 1. The predicted octanol–water partition coefficient (Wildman–Crippen LogP) is 2.28. The van der Waals surface area contributed by atoms with Crippen LogP contribution in [-0.2, 0) is 11.3 Å². The van der Waals surface area contributed by atoms with Crippen LogP contribution in [0.4, 0.5) is 0 Å². The molecule has 0 radical (unpaired) electrons. The molecular formula is C19H20N6O2. The van der Waals surface area contributed by atoms with E-state index in [1.165, 1.54) is 4.80 Å². The number of aromatic nitrogens is 4. The molecule has 0 aliphatic carbocycles. The monoisotopic (exact) mass is 364 g/mol. The Hall–Kier alpha value is -3.55. The second-order valence-corrected chi connectivity index (χ2v) is 5.69. The number of rotatable bonds is 7. The van der Waals surface area contributed by atoms with Crippen molar-refractivity contribution in [1.82, 2.24) is 25.6 Å². The zero-order chi connectivity index (χ0) is 19.1. The van der Waals surface area contributed by atoms with E-state index in [0.717, 1.165) is 22.6 Å². The van der Waals surface area contributed by atoms with Crippen LogP contribution in [-0.4, -0.2) is 38.9 Å². The van der Waals surface area contributed by atoms with Crippen molar-refractivity contribution in [3.05, 3.63) is 60.2 Å². The number of tetrazole rings is 1. The third-order valence-corrected chi connectivity index (χ3v) is 3.84. The summed E-state index contributed by atoms with van der Waals surface area (Å²) >= 11 is 0. The van der Waals surface area contributed by atoms with E-state index in [1.54, 1.807) is 7.11 Å². The molecule has 2 aromatic carbocycles. The van der Waals surface area contributed by atoms with Crippen LogP contribution in [0.2, 0.25) is 0 Å². The van der Waals surface area contributed by atoms with Gasteiger partial charge in [0.05, 0.1) is 12.8 Å². The Morgan fingerprint density at radius 1 is 1.15 bits per heavy atom. The number of ether oxygens (including phenoxy) is 1. The van der Waals surface area contributed by atoms with Crippen molar-refractivity contribution in [3.8, 4) is 17.1 Å². The minimum atomic E-state index is -0.327. The molecule has 8 nitrogen and oxygen atoms in total. The molecule has 1 aromatic heterocycles. The topological polar surface area (TPSA) is 94.3 Å². The molecule has 8 heteroatoms. The Morgan fingerprint density at radius 3 is 2.56 bits per heavy atom. The highest BCUT2D eigenvalue weighted by Gasteiger charge is 2.09. The quantitative estimate of drug-likeness (QED) is 0.513. The summed E-state index contributed by atoms with van der Waals surface area (Å²) in [6, 6.07) is 17.0. The summed E-state index contributed by atoms with van der Waals surface area (Å²) in [6.45, 7) is 1.91. The average molecular weight is 364 g/mol. The van der Waals surface area contributed by atoms with Gasteiger partial charge in [-0.1, -0.05) is 37.3 Å². The molecule has 0 atom stereocenters. The highest BCUT2D eigenvalue weighted by molar-refractivity contribution is 6.00. The van der Waals surface area contributed by atoms with Crippen LogP contribution in [0, 0.1) is 0 Å². The van der Waals surface area contributed by atoms with Crippen molar-refractivity contribution in [2.45, 2.75) is 19.9 Å². The normalized spacial score (nSPS) is 11.3. The van der Waals surface area contributed by atoms with E-state index < -0.39 is 0 Å². The maximum Gasteiger partial charge on any atom is 0.263 e. The zero-order valence-corrected chi connectivity index (χ0v) is 15.2. The van der Waals surface area contributed by atoms with Gasteiger partial charge in [0.15, 0.2) is 0 Å². The molecule has 138 valence electrons. The molecular weight excluding hydrogens is 344 g/mol. The van der Waals surface area contributed by atoms with E-state index in [9.17, 15) is 4.79 Å². The number of benzene rings is 2. The average Bonchev–Trinajstić information content (AvgIpc) is 3.18. The molecule has 0 aliphatic heterocycles. The highest BCUT2D eigenvalue weighted by atomic mass is 16.5. The number of hydrogen-bond acceptors (Lipinski definition) is 6. The SMILES string of the molecule is CC/C(=N/NC(=O)Cn1nnc(-c2ccccc2)n1)c1ccc(OC)cc1. The van der Waals surface area contributed by atoms with E-state index in [0.29, 0.717) is 12.2 Å². The Labute approximate surface area is 156 Å². The molecule has 3 aromatic rings. The van der Waals surface area contributed by atoms with Gasteiger partial charge in [-0.3, -0.25) is 4.79 Å². The Morgan fingerprint density at radius 2 is 1.89 bits per heavy atom. The van der Waals surface area contributed by atoms with Gasteiger partial charge < -0.3 is 4.74 Å². The predicted molar refractivity (Wildman–Crippen MR) is 101 cm³/mol. The summed E-state index contributed by atoms with van der Waals surface area (Å²) in [5, 5.41) is 16.3. The van der Waals surface area contributed by atoms with Gasteiger partial charge in [-0.05, 0) is 41.5 Å². The van der Waals surface area contributed by atoms with Crippen LogP contribution in [0.3, 0.4) is 0 Å². The molecule has 3 rings (SSSR count). The number of nitrogens with one attached hydrogen (secondary N) is 1. The number of nitrogens with zero attached hydrogens (tertiary/aromatic N) is 5. The molecule has 0 spiro atoms. The summed E-state index contributed by atoms with van der Waals surface area (Å²) in [5.74, 6) is 0.913. The zero-order valence-electron chi connectivity index (χ0n) is 15.2. The lowest BCUT2D eigenvalue weighted by Gasteiger charge is -2.06. The maximum atomic E-state index is 12.1. The number of hydrogen-bond donors (Lipinski definition) is 1. The highest BCUT2D eigenvalue weighted by Crippen LogP contribution is 2.13. The first-order valence-corrected chi connectivity index (χ1v) is 8.52. The van der Waals surface area contributed by atoms with Crippen molar-refractivity contribution in [3.63, 3.8) is 0 Å². The lowest BCUT2D eigenvalue weighted by molar-refractivity contribution is -0.122. The van der Waals surface area contributed by atoms with Gasteiger partial charge in [0, 0.05) is 5.56 Å². The van der Waals surface area contributed by atoms with E-state index >= 15 is 0 Å². The van der Waals surface area contributed by atoms with Crippen LogP contribution >= 0.6 is 0 Å². The van der Waals surface area contributed by atoms with Gasteiger partial charge in [-0.25, -0.2) is 5.43 Å². The van der Waals surface area contributed by atoms with Crippen LogP contribution in [0.15, 0.2) is 59.7 Å². The van der Waals surface area contributed by atoms with Crippen molar-refractivity contribution >= 4 is 11.6 Å². The van der Waals surface area contributed by atoms with Crippen LogP contribution in [0.25, 0.3) is 11.4 Å². The molecule has 0 fully saturated rings. The van der Waals surface area contributed by atoms with Crippen LogP contribution in [0.1, 0.15) is 18.9 Å². The summed E-state index contributed by atoms with van der Waals surface area (Å²) in [6.07, 6.45) is 0.673. The Bertz CT molecular complexity index is 919. The maximum absolute atomic E-state index is 12.1. The molecule has 1 heterocycles. The standard InChI is InChI=1S/C19H20N6O2/c1-3-17(14-9-11-16(27-2)12-10-14)20-21-18(26)13-25-23-19(22-24-25)15-7-5-4-6-8-15/h4-12H,3,13H2,1-2H3,(H,21,26)/b20-17-. The minimum absolute atomic E-state index is 0.0665. The summed E-state index contributed by atoms with van der Waals surface area (Å²) in [7, 11) is 1.62. The third kappa shape index (κ3) is 4.75. The van der Waals surface area contributed by atoms with Gasteiger partial charge in [0.2, 0.25) is 5.82 Å². The fraction of sp³-hybridized carbons (Fsp3) is 0.211. The fourth-order valence-electron chi connectivity index (χ4n) is 2.44. The van der Waals surface area contributed by atoms with Crippen LogP contribution < -0.4 is 10.2 Å². The second-order valence-electron chi connectivity index (χ2n) is 5.69. The van der Waals surface area contributed by atoms with Gasteiger partial charge in [-0.2, -0.15) is 9.90 Å². The Balaban J connectivity index is 1.62. The van der Waals surface area contributed by atoms with E-state index in [2.05, 4.69) is 25.9 Å². The van der Waals surface area contributed by atoms with E-state index in [-0.39, 0.29) is 12.5 Å². The van der Waals surface area contributed by atoms with Crippen molar-refractivity contribution < 1.29 is 9.53 Å². The van der Waals surface area contributed by atoms with Gasteiger partial charge in [0.1, 0.15) is 12.3 Å². The molecule has 0 unspecified atom stereocenters. The number of carbonyl (C=O) groups is 1. The van der Waals surface area contributed by atoms with E-state index in [4.69, 9.17) is 4.74 Å². The van der Waals surface area contributed by atoms with Crippen molar-refractivity contribution in [1.29, 1.82) is 0 Å². The lowest BCUT2D eigenvalue weighted by Crippen LogP contribution is -2.25. The van der Waals surface area contributed by atoms with Gasteiger partial charge in [0.25, 0.3) is 5.91 Å². The largest absolute Gasteiger partial charge is 0.497 e. The minimum Gasteiger partial charge on any atom is -0.497 e. The smallest absolute Gasteiger partial charge is 0.263 e. The summed E-state index contributed by atoms with van der Waals surface area (Å²) in [5.41, 5.74) is 5.08. The fourth-order valence-corrected chi connectivity index (χ4v) is 2.44. The summed E-state index contributed by atoms with van der Waals surface area (Å²) < 4.78 is 5.15. The summed E-state index contributed by atoms with van der Waals surface area (Å²) in [4.78, 5) is 13.4. The van der Waals surface area contributed by atoms with Crippen molar-refractivity contribution in [2.75, 3.05) is 7.11 Å². The van der Waals surface area contributed by atoms with Gasteiger partial charge in [-0.15, -0.1) is 10.2 Å². The second kappa shape index (κ2) is 8.70. The Kier molecular flexibility index (Phi) is 5.88. The molecule has 0 saturated carbocycles. The lowest BCUT2D eigenvalue weighted by atomic mass is 10.1. The number of hydrazone groups is 1. The first kappa shape index (κ1) is 18.2. The first-order chi connectivity index (χ1) is 13.2. The molecule has 1 N–H and O–H groups in total. The number of carbonyl (C=O) groups excluding carboxylic acids is 1. The molecule has 0 bridgehead atoms. The van der Waals surface area contributed by atoms with E-state index in [1.807, 2.05) is 61.5 Å². The number of amides is 1. The molecule has 0 aliphatic rings. The van der Waals surface area contributed by atoms with Crippen LogP contribution in [0.5, 0.6) is 5.75 Å². The molecule has 1 amide bonds. The molecule has 0 saturated heterocycles. The third-order valence-electron chi connectivity index (χ3n) is 3.84.